The summed E-state index contributed by atoms with van der Waals surface area (Å²) in [6.07, 6.45) is -1.15. The minimum atomic E-state index is -0.990. The third-order valence-corrected chi connectivity index (χ3v) is 8.45. The molecule has 0 saturated carbocycles. The summed E-state index contributed by atoms with van der Waals surface area (Å²) in [5.74, 6) is -1.80. The van der Waals surface area contributed by atoms with Crippen molar-refractivity contribution >= 4 is 81.3 Å². The first-order valence-electron chi connectivity index (χ1n) is 11.9. The van der Waals surface area contributed by atoms with E-state index in [1.807, 2.05) is 27.7 Å². The summed E-state index contributed by atoms with van der Waals surface area (Å²) in [5.41, 5.74) is 0. The highest BCUT2D eigenvalue weighted by Gasteiger charge is 2.33. The van der Waals surface area contributed by atoms with E-state index >= 15 is 0 Å². The lowest BCUT2D eigenvalue weighted by Gasteiger charge is -2.19. The van der Waals surface area contributed by atoms with Crippen molar-refractivity contribution in [1.29, 1.82) is 0 Å². The molecule has 2 unspecified atom stereocenters. The van der Waals surface area contributed by atoms with Crippen LogP contribution in [-0.2, 0) is 18.9 Å². The summed E-state index contributed by atoms with van der Waals surface area (Å²) in [5, 5.41) is 30.1. The average molecular weight is 767 g/mol. The fourth-order valence-electron chi connectivity index (χ4n) is 2.39. The van der Waals surface area contributed by atoms with Gasteiger partial charge in [-0.05, 0) is 50.8 Å². The highest BCUT2D eigenvalue weighted by molar-refractivity contribution is 7.09. The van der Waals surface area contributed by atoms with Gasteiger partial charge >= 0.3 is 0 Å². The molecule has 2 atom stereocenters. The van der Waals surface area contributed by atoms with Crippen molar-refractivity contribution in [2.75, 3.05) is 47.6 Å². The molecule has 2 aromatic rings. The van der Waals surface area contributed by atoms with Crippen molar-refractivity contribution in [1.82, 2.24) is 19.4 Å². The minimum absolute atomic E-state index is 0. The van der Waals surface area contributed by atoms with Crippen LogP contribution in [0.25, 0.3) is 0 Å². The Morgan fingerprint density at radius 3 is 1.69 bits per heavy atom. The number of hydrogen-bond acceptors (Lipinski definition) is 13. The molecular formula is C26H48Cl4N4O9S2. The zero-order valence-corrected chi connectivity index (χ0v) is 28.7. The molecule has 13 nitrogen and oxygen atoms in total. The van der Waals surface area contributed by atoms with Crippen molar-refractivity contribution in [3.63, 3.8) is 0 Å². The molecule has 2 aromatic heterocycles. The second kappa shape index (κ2) is 25.1. The monoisotopic (exact) mass is 764 g/mol. The number of nitrogens with one attached hydrogen (secondary N) is 2. The van der Waals surface area contributed by atoms with Gasteiger partial charge in [0.2, 0.25) is 0 Å². The SMILES string of the molecule is C.C.C.CC1(C)OCC(CNC(=O)c2snc(Cl)c2Cl)O1.CO.COC(C)(C)OC.O=C(NCC(O)CO)c1snc(Cl)c1Cl. The molecule has 0 aromatic carbocycles. The zero-order valence-electron chi connectivity index (χ0n) is 24.0. The maximum absolute atomic E-state index is 11.8. The standard InChI is InChI=1S/C10H12Cl2N2O3S.C7H8Cl2N2O3S.C5H12O2.CH4O.3CH4/c1-10(2)16-4-5(17-10)3-13-9(15)7-6(11)8(12)14-18-7;8-4-5(15-11-6(4)9)7(14)10-1-3(13)2-12;1-5(2,6-3)7-4;1-2;;;/h5H,3-4H2,1-2H3,(H,13,15);3,12-13H,1-2H2,(H,10,14);1-4H3;2H,1H3;3*1H4. The van der Waals surface area contributed by atoms with Gasteiger partial charge in [0.15, 0.2) is 21.9 Å². The molecule has 45 heavy (non-hydrogen) atoms. The van der Waals surface area contributed by atoms with Gasteiger partial charge < -0.3 is 44.9 Å². The molecule has 1 aliphatic heterocycles. The van der Waals surface area contributed by atoms with Crippen LogP contribution in [0.1, 0.15) is 69.3 Å². The number of aliphatic hydroxyl groups excluding tert-OH is 3. The van der Waals surface area contributed by atoms with Crippen molar-refractivity contribution in [2.45, 2.75) is 73.8 Å². The molecule has 19 heteroatoms. The lowest BCUT2D eigenvalue weighted by Crippen LogP contribution is -2.34. The Morgan fingerprint density at radius 2 is 1.40 bits per heavy atom. The summed E-state index contributed by atoms with van der Waals surface area (Å²) < 4.78 is 28.2. The minimum Gasteiger partial charge on any atom is -0.400 e. The number of nitrogens with zero attached hydrogens (tertiary/aromatic N) is 2. The Bertz CT molecular complexity index is 1100. The summed E-state index contributed by atoms with van der Waals surface area (Å²) in [6.45, 7) is 7.69. The fourth-order valence-corrected chi connectivity index (χ4v) is 4.65. The third-order valence-electron chi connectivity index (χ3n) is 4.86. The van der Waals surface area contributed by atoms with Gasteiger partial charge in [0.1, 0.15) is 25.9 Å². The molecule has 0 bridgehead atoms. The van der Waals surface area contributed by atoms with Crippen molar-refractivity contribution in [3.8, 4) is 0 Å². The quantitative estimate of drug-likeness (QED) is 0.206. The largest absolute Gasteiger partial charge is 0.400 e. The lowest BCUT2D eigenvalue weighted by atomic mass is 10.3. The molecule has 1 fully saturated rings. The molecule has 0 radical (unpaired) electrons. The predicted molar refractivity (Wildman–Crippen MR) is 183 cm³/mol. The predicted octanol–water partition coefficient (Wildman–Crippen LogP) is 5.40. The number of hydrogen-bond donors (Lipinski definition) is 5. The van der Waals surface area contributed by atoms with E-state index in [1.54, 1.807) is 14.2 Å². The normalized spacial score (nSPS) is 15.0. The Kier molecular flexibility index (Phi) is 28.5. The average Bonchev–Trinajstić information content (AvgIpc) is 3.62. The van der Waals surface area contributed by atoms with Gasteiger partial charge in [-0.25, -0.2) is 0 Å². The van der Waals surface area contributed by atoms with E-state index < -0.39 is 30.2 Å². The number of halogens is 4. The van der Waals surface area contributed by atoms with E-state index in [2.05, 4.69) is 19.4 Å². The van der Waals surface area contributed by atoms with E-state index in [1.165, 1.54) is 0 Å². The van der Waals surface area contributed by atoms with Crippen LogP contribution >= 0.6 is 69.5 Å². The first-order valence-corrected chi connectivity index (χ1v) is 15.0. The van der Waals surface area contributed by atoms with E-state index in [-0.39, 0.29) is 66.1 Å². The zero-order chi connectivity index (χ0) is 32.7. The molecule has 2 amide bonds. The fraction of sp³-hybridized carbons (Fsp3) is 0.692. The Morgan fingerprint density at radius 1 is 0.978 bits per heavy atom. The Balaban J connectivity index is -0.000000284. The lowest BCUT2D eigenvalue weighted by molar-refractivity contribution is -0.178. The van der Waals surface area contributed by atoms with Gasteiger partial charge in [0.25, 0.3) is 11.8 Å². The highest BCUT2D eigenvalue weighted by Crippen LogP contribution is 2.29. The molecule has 5 N–H and O–H groups in total. The van der Waals surface area contributed by atoms with Crippen LogP contribution in [0.5, 0.6) is 0 Å². The van der Waals surface area contributed by atoms with Gasteiger partial charge in [-0.3, -0.25) is 9.59 Å². The molecule has 3 rings (SSSR count). The number of ether oxygens (including phenoxy) is 4. The van der Waals surface area contributed by atoms with Crippen molar-refractivity contribution in [2.24, 2.45) is 0 Å². The molecule has 266 valence electrons. The van der Waals surface area contributed by atoms with Gasteiger partial charge in [-0.2, -0.15) is 8.75 Å². The van der Waals surface area contributed by atoms with Gasteiger partial charge in [0.05, 0.1) is 19.3 Å². The van der Waals surface area contributed by atoms with Crippen LogP contribution in [-0.4, -0.2) is 107 Å². The van der Waals surface area contributed by atoms with Crippen LogP contribution in [0.4, 0.5) is 0 Å². The smallest absolute Gasteiger partial charge is 0.264 e. The highest BCUT2D eigenvalue weighted by atomic mass is 35.5. The van der Waals surface area contributed by atoms with Gasteiger partial charge in [-0.1, -0.05) is 68.7 Å². The van der Waals surface area contributed by atoms with Crippen LogP contribution in [0.2, 0.25) is 20.4 Å². The topological polar surface area (TPSA) is 182 Å². The van der Waals surface area contributed by atoms with E-state index in [0.29, 0.717) is 18.0 Å². The number of amides is 2. The number of carbonyl (C=O) groups is 2. The van der Waals surface area contributed by atoms with E-state index in [4.69, 9.17) is 80.7 Å². The third kappa shape index (κ3) is 18.9. The summed E-state index contributed by atoms with van der Waals surface area (Å²) in [6, 6.07) is 0. The van der Waals surface area contributed by atoms with Gasteiger partial charge in [-0.15, -0.1) is 0 Å². The number of aliphatic hydroxyl groups is 3. The molecule has 0 aliphatic carbocycles. The first kappa shape index (κ1) is 50.9. The maximum Gasteiger partial charge on any atom is 0.264 e. The second-order valence-corrected chi connectivity index (χ2v) is 11.8. The Hall–Kier alpha value is -0.920. The number of carbonyl (C=O) groups excluding carboxylic acids is 2. The second-order valence-electron chi connectivity index (χ2n) is 8.75. The molecular weight excluding hydrogens is 718 g/mol. The van der Waals surface area contributed by atoms with Crippen LogP contribution in [0, 0.1) is 0 Å². The first-order chi connectivity index (χ1) is 19.6. The van der Waals surface area contributed by atoms with E-state index in [9.17, 15) is 9.59 Å². The van der Waals surface area contributed by atoms with E-state index in [0.717, 1.165) is 30.2 Å². The maximum atomic E-state index is 11.8. The van der Waals surface area contributed by atoms with Crippen LogP contribution in [0.15, 0.2) is 0 Å². The molecule has 3 heterocycles. The molecule has 0 spiro atoms. The number of aromatic nitrogens is 2. The number of methoxy groups -OCH3 is 2. The van der Waals surface area contributed by atoms with Crippen LogP contribution < -0.4 is 10.6 Å². The molecule has 1 saturated heterocycles. The summed E-state index contributed by atoms with van der Waals surface area (Å²) in [7, 11) is 4.23. The van der Waals surface area contributed by atoms with Crippen molar-refractivity contribution < 1.29 is 43.9 Å². The summed E-state index contributed by atoms with van der Waals surface area (Å²) >= 11 is 24.6. The Labute approximate surface area is 294 Å². The summed E-state index contributed by atoms with van der Waals surface area (Å²) in [4.78, 5) is 23.7. The van der Waals surface area contributed by atoms with Crippen LogP contribution in [0.3, 0.4) is 0 Å². The van der Waals surface area contributed by atoms with Gasteiger partial charge in [0, 0.05) is 34.4 Å². The number of rotatable bonds is 9. The van der Waals surface area contributed by atoms with Crippen molar-refractivity contribution in [3.05, 3.63) is 30.1 Å². The molecule has 1 aliphatic rings.